The van der Waals surface area contributed by atoms with E-state index in [9.17, 15) is 12.8 Å². The predicted molar refractivity (Wildman–Crippen MR) is 76.1 cm³/mol. The van der Waals surface area contributed by atoms with Crippen LogP contribution in [-0.2, 0) is 15.6 Å². The molecule has 0 atom stereocenters. The summed E-state index contributed by atoms with van der Waals surface area (Å²) in [5, 5.41) is 8.75. The molecule has 0 aliphatic carbocycles. The van der Waals surface area contributed by atoms with Crippen molar-refractivity contribution in [1.82, 2.24) is 0 Å². The number of nitrogens with zero attached hydrogens (tertiary/aromatic N) is 1. The van der Waals surface area contributed by atoms with Crippen LogP contribution in [0.15, 0.2) is 51.8 Å². The zero-order valence-corrected chi connectivity index (χ0v) is 12.6. The van der Waals surface area contributed by atoms with Crippen molar-refractivity contribution in [3.05, 3.63) is 63.9 Å². The first-order valence-electron chi connectivity index (χ1n) is 5.60. The zero-order valence-electron chi connectivity index (χ0n) is 10.2. The van der Waals surface area contributed by atoms with Crippen molar-refractivity contribution in [2.45, 2.75) is 10.6 Å². The highest BCUT2D eigenvalue weighted by Gasteiger charge is 2.19. The number of hydrogen-bond donors (Lipinski definition) is 0. The van der Waals surface area contributed by atoms with Crippen molar-refractivity contribution < 1.29 is 12.8 Å². The molecule has 6 heteroatoms. The lowest BCUT2D eigenvalue weighted by Crippen LogP contribution is -2.07. The first kappa shape index (κ1) is 14.7. The third-order valence-corrected chi connectivity index (χ3v) is 4.86. The Morgan fingerprint density at radius 1 is 1.20 bits per heavy atom. The maximum atomic E-state index is 13.9. The molecule has 0 unspecified atom stereocenters. The van der Waals surface area contributed by atoms with Gasteiger partial charge in [0.05, 0.1) is 16.2 Å². The molecule has 0 amide bonds. The normalized spacial score (nSPS) is 11.1. The monoisotopic (exact) mass is 353 g/mol. The molecule has 0 N–H and O–H groups in total. The summed E-state index contributed by atoms with van der Waals surface area (Å²) in [5.41, 5.74) is -0.170. The van der Waals surface area contributed by atoms with E-state index in [4.69, 9.17) is 5.26 Å². The van der Waals surface area contributed by atoms with Crippen molar-refractivity contribution in [3.8, 4) is 6.07 Å². The number of halogens is 2. The van der Waals surface area contributed by atoms with E-state index >= 15 is 0 Å². The molecular formula is C14H9BrFNO2S. The van der Waals surface area contributed by atoms with Crippen LogP contribution in [0.25, 0.3) is 0 Å². The van der Waals surface area contributed by atoms with E-state index in [-0.39, 0.29) is 16.0 Å². The van der Waals surface area contributed by atoms with Crippen molar-refractivity contribution in [2.24, 2.45) is 0 Å². The molecule has 2 aromatic rings. The molecule has 0 fully saturated rings. The van der Waals surface area contributed by atoms with Gasteiger partial charge in [-0.25, -0.2) is 12.8 Å². The van der Waals surface area contributed by atoms with Crippen molar-refractivity contribution in [1.29, 1.82) is 5.26 Å². The highest BCUT2D eigenvalue weighted by atomic mass is 79.9. The molecule has 0 bridgehead atoms. The maximum Gasteiger partial charge on any atom is 0.182 e. The van der Waals surface area contributed by atoms with Gasteiger partial charge >= 0.3 is 0 Å². The second-order valence-corrected chi connectivity index (χ2v) is 7.01. The first-order valence-corrected chi connectivity index (χ1v) is 8.04. The van der Waals surface area contributed by atoms with Crippen LogP contribution in [0.1, 0.15) is 11.1 Å². The van der Waals surface area contributed by atoms with Gasteiger partial charge in [0.15, 0.2) is 9.84 Å². The minimum Gasteiger partial charge on any atom is -0.223 e. The smallest absolute Gasteiger partial charge is 0.182 e. The second kappa shape index (κ2) is 5.73. The van der Waals surface area contributed by atoms with Gasteiger partial charge in [0.1, 0.15) is 11.9 Å². The molecule has 0 saturated carbocycles. The van der Waals surface area contributed by atoms with E-state index in [2.05, 4.69) is 15.9 Å². The van der Waals surface area contributed by atoms with Crippen LogP contribution >= 0.6 is 15.9 Å². The van der Waals surface area contributed by atoms with Crippen LogP contribution in [0.3, 0.4) is 0 Å². The lowest BCUT2D eigenvalue weighted by atomic mass is 10.1. The standard InChI is InChI=1S/C14H9BrFNO2S/c15-12-5-2-6-13(7-12)20(18,19)9-11-4-1-3-10(8-17)14(11)16/h1-7H,9H2. The highest BCUT2D eigenvalue weighted by Crippen LogP contribution is 2.22. The Bertz CT molecular complexity index is 797. The molecule has 0 heterocycles. The van der Waals surface area contributed by atoms with Crippen LogP contribution in [0.5, 0.6) is 0 Å². The van der Waals surface area contributed by atoms with Crippen LogP contribution in [-0.4, -0.2) is 8.42 Å². The van der Waals surface area contributed by atoms with Gasteiger partial charge in [-0.15, -0.1) is 0 Å². The quantitative estimate of drug-likeness (QED) is 0.849. The number of hydrogen-bond acceptors (Lipinski definition) is 3. The molecule has 0 aliphatic rings. The summed E-state index contributed by atoms with van der Waals surface area (Å²) in [4.78, 5) is 0.105. The summed E-state index contributed by atoms with van der Waals surface area (Å²) in [6.45, 7) is 0. The fraction of sp³-hybridized carbons (Fsp3) is 0.0714. The van der Waals surface area contributed by atoms with Gasteiger partial charge in [-0.1, -0.05) is 34.1 Å². The predicted octanol–water partition coefficient (Wildman–Crippen LogP) is 3.43. The minimum atomic E-state index is -3.66. The largest absolute Gasteiger partial charge is 0.223 e. The number of nitriles is 1. The first-order chi connectivity index (χ1) is 9.44. The van der Waals surface area contributed by atoms with Gasteiger partial charge < -0.3 is 0 Å². The summed E-state index contributed by atoms with van der Waals surface area (Å²) in [5.74, 6) is -1.27. The zero-order chi connectivity index (χ0) is 14.8. The second-order valence-electron chi connectivity index (χ2n) is 4.11. The third-order valence-electron chi connectivity index (χ3n) is 2.70. The van der Waals surface area contributed by atoms with Gasteiger partial charge in [-0.3, -0.25) is 0 Å². The Kier molecular flexibility index (Phi) is 4.21. The molecule has 0 saturated heterocycles. The molecule has 2 aromatic carbocycles. The topological polar surface area (TPSA) is 57.9 Å². The van der Waals surface area contributed by atoms with Crippen LogP contribution in [0.4, 0.5) is 4.39 Å². The van der Waals surface area contributed by atoms with Crippen LogP contribution < -0.4 is 0 Å². The Morgan fingerprint density at radius 2 is 1.90 bits per heavy atom. The average molecular weight is 354 g/mol. The number of sulfone groups is 1. The third kappa shape index (κ3) is 3.06. The molecule has 0 radical (unpaired) electrons. The lowest BCUT2D eigenvalue weighted by Gasteiger charge is -2.07. The maximum absolute atomic E-state index is 13.9. The van der Waals surface area contributed by atoms with Crippen molar-refractivity contribution in [3.63, 3.8) is 0 Å². The fourth-order valence-corrected chi connectivity index (χ4v) is 3.67. The Balaban J connectivity index is 2.42. The highest BCUT2D eigenvalue weighted by molar-refractivity contribution is 9.10. The Hall–Kier alpha value is -1.71. The fourth-order valence-electron chi connectivity index (χ4n) is 1.73. The summed E-state index contributed by atoms with van der Waals surface area (Å²) >= 11 is 3.20. The van der Waals surface area contributed by atoms with E-state index in [1.165, 1.54) is 30.3 Å². The van der Waals surface area contributed by atoms with Crippen LogP contribution in [0, 0.1) is 17.1 Å². The van der Waals surface area contributed by atoms with E-state index in [0.717, 1.165) is 0 Å². The molecule has 0 aromatic heterocycles. The number of rotatable bonds is 3. The summed E-state index contributed by atoms with van der Waals surface area (Å²) in [7, 11) is -3.66. The van der Waals surface area contributed by atoms with Gasteiger partial charge in [-0.2, -0.15) is 5.26 Å². The van der Waals surface area contributed by atoms with E-state index < -0.39 is 21.4 Å². The molecule has 20 heavy (non-hydrogen) atoms. The van der Waals surface area contributed by atoms with Gasteiger partial charge in [0.25, 0.3) is 0 Å². The molecule has 2 rings (SSSR count). The summed E-state index contributed by atoms with van der Waals surface area (Å²) in [6, 6.07) is 12.0. The molecule has 0 aliphatic heterocycles. The molecule has 3 nitrogen and oxygen atoms in total. The van der Waals surface area contributed by atoms with E-state index in [1.807, 2.05) is 0 Å². The summed E-state index contributed by atoms with van der Waals surface area (Å²) in [6.07, 6.45) is 0. The Labute approximate surface area is 124 Å². The van der Waals surface area contributed by atoms with Gasteiger partial charge in [0.2, 0.25) is 0 Å². The Morgan fingerprint density at radius 3 is 2.55 bits per heavy atom. The molecular weight excluding hydrogens is 345 g/mol. The molecule has 102 valence electrons. The van der Waals surface area contributed by atoms with E-state index in [1.54, 1.807) is 18.2 Å². The van der Waals surface area contributed by atoms with Crippen molar-refractivity contribution in [2.75, 3.05) is 0 Å². The van der Waals surface area contributed by atoms with E-state index in [0.29, 0.717) is 4.47 Å². The van der Waals surface area contributed by atoms with Gasteiger partial charge in [-0.05, 0) is 24.3 Å². The molecule has 0 spiro atoms. The minimum absolute atomic E-state index is 0.0102. The summed E-state index contributed by atoms with van der Waals surface area (Å²) < 4.78 is 39.0. The van der Waals surface area contributed by atoms with Crippen molar-refractivity contribution >= 4 is 25.8 Å². The number of benzene rings is 2. The SMILES string of the molecule is N#Cc1cccc(CS(=O)(=O)c2cccc(Br)c2)c1F. The van der Waals surface area contributed by atoms with Gasteiger partial charge in [0, 0.05) is 10.0 Å². The van der Waals surface area contributed by atoms with Crippen LogP contribution in [0.2, 0.25) is 0 Å². The lowest BCUT2D eigenvalue weighted by molar-refractivity contribution is 0.586. The average Bonchev–Trinajstić information content (AvgIpc) is 2.41.